The minimum atomic E-state index is -0.0313. The molecule has 0 saturated carbocycles. The Hall–Kier alpha value is 0.0200. The first-order valence-electron chi connectivity index (χ1n) is 4.94. The van der Waals surface area contributed by atoms with Gasteiger partial charge in [0.2, 0.25) is 0 Å². The molecule has 0 N–H and O–H groups in total. The van der Waals surface area contributed by atoms with E-state index in [2.05, 4.69) is 19.6 Å². The highest BCUT2D eigenvalue weighted by atomic mass is 32.1. The SMILES string of the molecule is CCCCCCCCC(S)C=O. The minimum Gasteiger partial charge on any atom is -0.302 e. The normalized spacial score (nSPS) is 12.8. The summed E-state index contributed by atoms with van der Waals surface area (Å²) < 4.78 is 0. The minimum absolute atomic E-state index is 0.0313. The van der Waals surface area contributed by atoms with Gasteiger partial charge < -0.3 is 4.79 Å². The molecule has 0 aliphatic heterocycles. The molecule has 0 fully saturated rings. The van der Waals surface area contributed by atoms with Crippen LogP contribution in [0, 0.1) is 0 Å². The second-order valence-corrected chi connectivity index (χ2v) is 3.92. The zero-order valence-corrected chi connectivity index (χ0v) is 8.85. The van der Waals surface area contributed by atoms with Gasteiger partial charge in [0.05, 0.1) is 5.25 Å². The second-order valence-electron chi connectivity index (χ2n) is 3.26. The first-order valence-corrected chi connectivity index (χ1v) is 5.46. The fourth-order valence-corrected chi connectivity index (χ4v) is 1.38. The van der Waals surface area contributed by atoms with Gasteiger partial charge >= 0.3 is 0 Å². The van der Waals surface area contributed by atoms with Crippen LogP contribution in [-0.2, 0) is 4.79 Å². The standard InChI is InChI=1S/C10H20OS/c1-2-3-4-5-6-7-8-10(12)9-11/h9-10,12H,2-8H2,1H3. The van der Waals surface area contributed by atoms with Crippen molar-refractivity contribution < 1.29 is 4.79 Å². The molecule has 0 aromatic carbocycles. The second kappa shape index (κ2) is 9.11. The highest BCUT2D eigenvalue weighted by Gasteiger charge is 1.98. The Balaban J connectivity index is 2.95. The van der Waals surface area contributed by atoms with Crippen molar-refractivity contribution in [3.8, 4) is 0 Å². The van der Waals surface area contributed by atoms with E-state index in [1.807, 2.05) is 0 Å². The molecule has 0 saturated heterocycles. The van der Waals surface area contributed by atoms with Gasteiger partial charge in [-0.25, -0.2) is 0 Å². The predicted molar refractivity (Wildman–Crippen MR) is 56.8 cm³/mol. The van der Waals surface area contributed by atoms with Crippen molar-refractivity contribution >= 4 is 18.9 Å². The monoisotopic (exact) mass is 188 g/mol. The van der Waals surface area contributed by atoms with Gasteiger partial charge in [-0.15, -0.1) is 0 Å². The van der Waals surface area contributed by atoms with Gasteiger partial charge in [-0.05, 0) is 6.42 Å². The number of hydrogen-bond acceptors (Lipinski definition) is 2. The summed E-state index contributed by atoms with van der Waals surface area (Å²) in [6, 6.07) is 0. The molecular formula is C10H20OS. The van der Waals surface area contributed by atoms with Gasteiger partial charge in [-0.1, -0.05) is 45.4 Å². The summed E-state index contributed by atoms with van der Waals surface area (Å²) in [6.07, 6.45) is 9.57. The number of rotatable bonds is 8. The number of carbonyl (C=O) groups is 1. The first kappa shape index (κ1) is 12.0. The average molecular weight is 188 g/mol. The van der Waals surface area contributed by atoms with E-state index in [0.717, 1.165) is 19.1 Å². The molecule has 0 heterocycles. The van der Waals surface area contributed by atoms with Crippen LogP contribution >= 0.6 is 12.6 Å². The van der Waals surface area contributed by atoms with Gasteiger partial charge in [0, 0.05) is 0 Å². The fourth-order valence-electron chi connectivity index (χ4n) is 1.20. The van der Waals surface area contributed by atoms with Crippen LogP contribution < -0.4 is 0 Å². The Morgan fingerprint density at radius 3 is 2.33 bits per heavy atom. The molecule has 0 aliphatic rings. The zero-order chi connectivity index (χ0) is 9.23. The lowest BCUT2D eigenvalue weighted by Crippen LogP contribution is -1.98. The van der Waals surface area contributed by atoms with Crippen molar-refractivity contribution in [1.82, 2.24) is 0 Å². The number of unbranched alkanes of at least 4 members (excludes halogenated alkanes) is 5. The number of aldehydes is 1. The van der Waals surface area contributed by atoms with Gasteiger partial charge in [0.25, 0.3) is 0 Å². The van der Waals surface area contributed by atoms with Gasteiger partial charge in [0.1, 0.15) is 6.29 Å². The molecule has 0 aromatic rings. The summed E-state index contributed by atoms with van der Waals surface area (Å²) in [6.45, 7) is 2.22. The van der Waals surface area contributed by atoms with E-state index in [0.29, 0.717) is 0 Å². The zero-order valence-electron chi connectivity index (χ0n) is 7.96. The van der Waals surface area contributed by atoms with Crippen LogP contribution in [0.25, 0.3) is 0 Å². The maximum absolute atomic E-state index is 10.2. The third-order valence-corrected chi connectivity index (χ3v) is 2.39. The van der Waals surface area contributed by atoms with Gasteiger partial charge in [-0.2, -0.15) is 12.6 Å². The average Bonchev–Trinajstić information content (AvgIpc) is 2.10. The highest BCUT2D eigenvalue weighted by molar-refractivity contribution is 7.81. The fraction of sp³-hybridized carbons (Fsp3) is 0.900. The van der Waals surface area contributed by atoms with Crippen molar-refractivity contribution in [2.45, 2.75) is 57.1 Å². The Kier molecular flexibility index (Phi) is 9.13. The number of thiol groups is 1. The smallest absolute Gasteiger partial charge is 0.132 e. The van der Waals surface area contributed by atoms with Crippen molar-refractivity contribution in [1.29, 1.82) is 0 Å². The molecular weight excluding hydrogens is 168 g/mol. The molecule has 72 valence electrons. The lowest BCUT2D eigenvalue weighted by atomic mass is 10.1. The molecule has 1 nitrogen and oxygen atoms in total. The maximum atomic E-state index is 10.2. The highest BCUT2D eigenvalue weighted by Crippen LogP contribution is 2.09. The van der Waals surface area contributed by atoms with E-state index in [-0.39, 0.29) is 5.25 Å². The largest absolute Gasteiger partial charge is 0.302 e. The van der Waals surface area contributed by atoms with Crippen LogP contribution in [0.2, 0.25) is 0 Å². The molecule has 1 unspecified atom stereocenters. The van der Waals surface area contributed by atoms with E-state index in [1.54, 1.807) is 0 Å². The molecule has 2 heteroatoms. The lowest BCUT2D eigenvalue weighted by molar-refractivity contribution is -0.107. The molecule has 0 amide bonds. The summed E-state index contributed by atoms with van der Waals surface area (Å²) in [5.41, 5.74) is 0. The first-order chi connectivity index (χ1) is 5.81. The number of hydrogen-bond donors (Lipinski definition) is 1. The van der Waals surface area contributed by atoms with Crippen LogP contribution in [0.5, 0.6) is 0 Å². The predicted octanol–water partition coefficient (Wildman–Crippen LogP) is 3.23. The molecule has 12 heavy (non-hydrogen) atoms. The molecule has 0 spiro atoms. The van der Waals surface area contributed by atoms with Crippen molar-refractivity contribution in [3.63, 3.8) is 0 Å². The van der Waals surface area contributed by atoms with E-state index < -0.39 is 0 Å². The summed E-state index contributed by atoms with van der Waals surface area (Å²) >= 11 is 4.11. The van der Waals surface area contributed by atoms with E-state index in [1.165, 1.54) is 32.1 Å². The van der Waals surface area contributed by atoms with Crippen LogP contribution in [0.4, 0.5) is 0 Å². The van der Waals surface area contributed by atoms with E-state index >= 15 is 0 Å². The van der Waals surface area contributed by atoms with Crippen molar-refractivity contribution in [3.05, 3.63) is 0 Å². The quantitative estimate of drug-likeness (QED) is 0.351. The Bertz CT molecular complexity index is 104. The van der Waals surface area contributed by atoms with Crippen LogP contribution in [0.1, 0.15) is 51.9 Å². The van der Waals surface area contributed by atoms with Crippen LogP contribution in [-0.4, -0.2) is 11.5 Å². The third kappa shape index (κ3) is 8.12. The van der Waals surface area contributed by atoms with Gasteiger partial charge in [0.15, 0.2) is 0 Å². The molecule has 0 bridgehead atoms. The van der Waals surface area contributed by atoms with Crippen LogP contribution in [0.15, 0.2) is 0 Å². The summed E-state index contributed by atoms with van der Waals surface area (Å²) in [5, 5.41) is -0.0313. The Morgan fingerprint density at radius 1 is 1.17 bits per heavy atom. The van der Waals surface area contributed by atoms with Gasteiger partial charge in [-0.3, -0.25) is 0 Å². The van der Waals surface area contributed by atoms with E-state index in [4.69, 9.17) is 0 Å². The molecule has 0 aromatic heterocycles. The lowest BCUT2D eigenvalue weighted by Gasteiger charge is -2.02. The molecule has 0 radical (unpaired) electrons. The Labute approximate surface area is 81.3 Å². The summed E-state index contributed by atoms with van der Waals surface area (Å²) in [7, 11) is 0. The van der Waals surface area contributed by atoms with Crippen LogP contribution in [0.3, 0.4) is 0 Å². The number of carbonyl (C=O) groups excluding carboxylic acids is 1. The maximum Gasteiger partial charge on any atom is 0.132 e. The topological polar surface area (TPSA) is 17.1 Å². The molecule has 1 atom stereocenters. The summed E-state index contributed by atoms with van der Waals surface area (Å²) in [5.74, 6) is 0. The Morgan fingerprint density at radius 2 is 1.75 bits per heavy atom. The van der Waals surface area contributed by atoms with Crippen molar-refractivity contribution in [2.75, 3.05) is 0 Å². The van der Waals surface area contributed by atoms with Crippen molar-refractivity contribution in [2.24, 2.45) is 0 Å². The molecule has 0 aliphatic carbocycles. The summed E-state index contributed by atoms with van der Waals surface area (Å²) in [4.78, 5) is 10.2. The third-order valence-electron chi connectivity index (χ3n) is 2.01. The van der Waals surface area contributed by atoms with E-state index in [9.17, 15) is 4.79 Å². The molecule has 0 rings (SSSR count).